The third kappa shape index (κ3) is 4.02. The van der Waals surface area contributed by atoms with Gasteiger partial charge in [-0.1, -0.05) is 0 Å². The maximum absolute atomic E-state index is 5.28. The molecule has 0 amide bonds. The first-order valence-electron chi connectivity index (χ1n) is 7.76. The van der Waals surface area contributed by atoms with Gasteiger partial charge < -0.3 is 15.1 Å². The average Bonchev–Trinajstić information content (AvgIpc) is 3.31. The van der Waals surface area contributed by atoms with Crippen LogP contribution in [0.15, 0.2) is 39.3 Å². The smallest absolute Gasteiger partial charge is 0.216 e. The fourth-order valence-corrected chi connectivity index (χ4v) is 2.97. The van der Waals surface area contributed by atoms with Crippen LogP contribution in [0, 0.1) is 6.92 Å². The zero-order valence-corrected chi connectivity index (χ0v) is 14.5. The van der Waals surface area contributed by atoms with Crippen LogP contribution in [0.25, 0.3) is 11.6 Å². The molecule has 0 saturated heterocycles. The van der Waals surface area contributed by atoms with Gasteiger partial charge in [0.1, 0.15) is 12.4 Å². The zero-order chi connectivity index (χ0) is 16.8. The summed E-state index contributed by atoms with van der Waals surface area (Å²) >= 11 is 1.74. The van der Waals surface area contributed by atoms with Gasteiger partial charge in [-0.15, -0.1) is 16.4 Å². The minimum atomic E-state index is 0.409. The van der Waals surface area contributed by atoms with Crippen molar-refractivity contribution in [3.63, 3.8) is 0 Å². The highest BCUT2D eigenvalue weighted by atomic mass is 32.1. The summed E-state index contributed by atoms with van der Waals surface area (Å²) in [7, 11) is 0. The van der Waals surface area contributed by atoms with Gasteiger partial charge in [-0.2, -0.15) is 0 Å². The minimum Gasteiger partial charge on any atom is -0.461 e. The summed E-state index contributed by atoms with van der Waals surface area (Å²) in [6.45, 7) is 6.11. The van der Waals surface area contributed by atoms with Gasteiger partial charge in [-0.25, -0.2) is 9.98 Å². The number of nitrogens with zero attached hydrogens (tertiary/aromatic N) is 3. The first-order valence-corrected chi connectivity index (χ1v) is 8.64. The second-order valence-electron chi connectivity index (χ2n) is 5.16. The van der Waals surface area contributed by atoms with Crippen LogP contribution in [0.3, 0.4) is 0 Å². The summed E-state index contributed by atoms with van der Waals surface area (Å²) in [5.41, 5.74) is 1.29. The van der Waals surface area contributed by atoms with Crippen LogP contribution in [0.5, 0.6) is 0 Å². The predicted octanol–water partition coefficient (Wildman–Crippen LogP) is 2.69. The molecule has 126 valence electrons. The first kappa shape index (κ1) is 16.3. The van der Waals surface area contributed by atoms with Gasteiger partial charge in [-0.05, 0) is 43.0 Å². The Balaban J connectivity index is 1.62. The Kier molecular flexibility index (Phi) is 5.27. The van der Waals surface area contributed by atoms with Crippen molar-refractivity contribution in [1.29, 1.82) is 0 Å². The average molecular weight is 344 g/mol. The van der Waals surface area contributed by atoms with E-state index in [0.717, 1.165) is 19.0 Å². The number of aromatic nitrogens is 3. The molecule has 7 nitrogen and oxygen atoms in total. The summed E-state index contributed by atoms with van der Waals surface area (Å²) < 4.78 is 5.28. The molecule has 0 aromatic carbocycles. The summed E-state index contributed by atoms with van der Waals surface area (Å²) in [5.74, 6) is 2.62. The normalized spacial score (nSPS) is 11.7. The largest absolute Gasteiger partial charge is 0.461 e. The van der Waals surface area contributed by atoms with Crippen molar-refractivity contribution < 1.29 is 4.42 Å². The predicted molar refractivity (Wildman–Crippen MR) is 94.8 cm³/mol. The van der Waals surface area contributed by atoms with E-state index in [2.05, 4.69) is 49.2 Å². The van der Waals surface area contributed by atoms with Crippen LogP contribution in [-0.2, 0) is 13.1 Å². The fourth-order valence-electron chi connectivity index (χ4n) is 2.13. The zero-order valence-electron chi connectivity index (χ0n) is 13.7. The summed E-state index contributed by atoms with van der Waals surface area (Å²) in [6, 6.07) is 5.75. The number of aromatic amines is 1. The van der Waals surface area contributed by atoms with E-state index in [1.54, 1.807) is 17.6 Å². The molecule has 3 rings (SSSR count). The third-order valence-electron chi connectivity index (χ3n) is 3.39. The highest BCUT2D eigenvalue weighted by Crippen LogP contribution is 2.15. The molecule has 24 heavy (non-hydrogen) atoms. The van der Waals surface area contributed by atoms with E-state index in [1.807, 2.05) is 19.1 Å². The molecule has 0 unspecified atom stereocenters. The van der Waals surface area contributed by atoms with Crippen molar-refractivity contribution in [3.8, 4) is 11.6 Å². The van der Waals surface area contributed by atoms with Crippen LogP contribution in [0.4, 0.5) is 0 Å². The molecule has 3 aromatic heterocycles. The van der Waals surface area contributed by atoms with Crippen molar-refractivity contribution in [1.82, 2.24) is 25.8 Å². The number of H-pyrrole nitrogens is 1. The Morgan fingerprint density at radius 2 is 2.29 bits per heavy atom. The van der Waals surface area contributed by atoms with Gasteiger partial charge >= 0.3 is 0 Å². The lowest BCUT2D eigenvalue weighted by molar-refractivity contribution is 0.577. The lowest BCUT2D eigenvalue weighted by Gasteiger charge is -2.10. The number of hydrogen-bond acceptors (Lipinski definition) is 5. The summed E-state index contributed by atoms with van der Waals surface area (Å²) in [5, 5.41) is 15.7. The topological polar surface area (TPSA) is 91.1 Å². The second-order valence-corrected chi connectivity index (χ2v) is 6.16. The van der Waals surface area contributed by atoms with Gasteiger partial charge in [0.2, 0.25) is 5.82 Å². The van der Waals surface area contributed by atoms with E-state index < -0.39 is 0 Å². The van der Waals surface area contributed by atoms with Crippen LogP contribution in [0.1, 0.15) is 23.2 Å². The molecule has 3 N–H and O–H groups in total. The Morgan fingerprint density at radius 3 is 3.00 bits per heavy atom. The summed E-state index contributed by atoms with van der Waals surface area (Å²) in [6.07, 6.45) is 1.60. The van der Waals surface area contributed by atoms with E-state index in [0.29, 0.717) is 24.0 Å². The molecule has 8 heteroatoms. The van der Waals surface area contributed by atoms with E-state index >= 15 is 0 Å². The summed E-state index contributed by atoms with van der Waals surface area (Å²) in [4.78, 5) is 10.2. The number of hydrogen-bond donors (Lipinski definition) is 3. The molecule has 0 bridgehead atoms. The van der Waals surface area contributed by atoms with Crippen molar-refractivity contribution >= 4 is 17.3 Å². The Bertz CT molecular complexity index is 789. The molecule has 0 radical (unpaired) electrons. The maximum atomic E-state index is 5.28. The van der Waals surface area contributed by atoms with Crippen molar-refractivity contribution in [2.24, 2.45) is 4.99 Å². The molecule has 0 atom stereocenters. The SMILES string of the molecule is CCNC(=NCc1nc(-c2ccco2)n[nH]1)NCc1sccc1C. The monoisotopic (exact) mass is 344 g/mol. The first-order chi connectivity index (χ1) is 11.8. The highest BCUT2D eigenvalue weighted by molar-refractivity contribution is 7.10. The van der Waals surface area contributed by atoms with Crippen LogP contribution >= 0.6 is 11.3 Å². The number of rotatable bonds is 6. The molecule has 0 spiro atoms. The number of aryl methyl sites for hydroxylation is 1. The van der Waals surface area contributed by atoms with Crippen LogP contribution in [0.2, 0.25) is 0 Å². The Labute approximate surface area is 144 Å². The van der Waals surface area contributed by atoms with E-state index in [9.17, 15) is 0 Å². The van der Waals surface area contributed by atoms with Crippen molar-refractivity contribution in [3.05, 3.63) is 46.1 Å². The molecule has 3 aromatic rings. The van der Waals surface area contributed by atoms with Gasteiger partial charge in [0, 0.05) is 11.4 Å². The van der Waals surface area contributed by atoms with Crippen LogP contribution < -0.4 is 10.6 Å². The lowest BCUT2D eigenvalue weighted by atomic mass is 10.3. The quantitative estimate of drug-likeness (QED) is 0.472. The van der Waals surface area contributed by atoms with Gasteiger partial charge in [0.15, 0.2) is 11.7 Å². The van der Waals surface area contributed by atoms with Gasteiger partial charge in [0.05, 0.1) is 12.8 Å². The minimum absolute atomic E-state index is 0.409. The van der Waals surface area contributed by atoms with Crippen LogP contribution in [-0.4, -0.2) is 27.7 Å². The molecule has 0 aliphatic heterocycles. The second kappa shape index (κ2) is 7.78. The van der Waals surface area contributed by atoms with E-state index in [-0.39, 0.29) is 0 Å². The van der Waals surface area contributed by atoms with Crippen molar-refractivity contribution in [2.45, 2.75) is 26.9 Å². The molecular weight excluding hydrogens is 324 g/mol. The third-order valence-corrected chi connectivity index (χ3v) is 4.41. The number of nitrogens with one attached hydrogen (secondary N) is 3. The molecule has 0 saturated carbocycles. The number of furan rings is 1. The maximum Gasteiger partial charge on any atom is 0.216 e. The van der Waals surface area contributed by atoms with Gasteiger partial charge in [-0.3, -0.25) is 5.10 Å². The number of thiophene rings is 1. The van der Waals surface area contributed by atoms with Crippen molar-refractivity contribution in [2.75, 3.05) is 6.54 Å². The fraction of sp³-hybridized carbons (Fsp3) is 0.312. The molecule has 0 aliphatic rings. The lowest BCUT2D eigenvalue weighted by Crippen LogP contribution is -2.36. The number of aliphatic imine (C=N–C) groups is 1. The molecule has 3 heterocycles. The number of guanidine groups is 1. The molecule has 0 fully saturated rings. The molecule has 0 aliphatic carbocycles. The van der Waals surface area contributed by atoms with E-state index in [4.69, 9.17) is 4.42 Å². The Hall–Kier alpha value is -2.61. The molecular formula is C16H20N6OS. The standard InChI is InChI=1S/C16H20N6OS/c1-3-17-16(18-9-13-11(2)6-8-24-13)19-10-14-20-15(22-21-14)12-5-4-7-23-12/h4-8H,3,9-10H2,1-2H3,(H2,17,18,19)(H,20,21,22). The highest BCUT2D eigenvalue weighted by Gasteiger charge is 2.08. The van der Waals surface area contributed by atoms with E-state index in [1.165, 1.54) is 10.4 Å². The Morgan fingerprint density at radius 1 is 1.38 bits per heavy atom. The van der Waals surface area contributed by atoms with Gasteiger partial charge in [0.25, 0.3) is 0 Å².